The molecule has 0 N–H and O–H groups in total. The number of carbonyl (C=O) groups is 1. The molecule has 0 unspecified atom stereocenters. The highest BCUT2D eigenvalue weighted by Gasteiger charge is 2.22. The Morgan fingerprint density at radius 3 is 2.48 bits per heavy atom. The molecule has 122 valence electrons. The van der Waals surface area contributed by atoms with E-state index in [1.54, 1.807) is 7.11 Å². The normalized spacial score (nSPS) is 14.9. The third-order valence-corrected chi connectivity index (χ3v) is 4.09. The zero-order valence-electron chi connectivity index (χ0n) is 13.5. The van der Waals surface area contributed by atoms with Crippen molar-refractivity contribution < 1.29 is 14.1 Å². The van der Waals surface area contributed by atoms with E-state index in [0.29, 0.717) is 19.5 Å². The van der Waals surface area contributed by atoms with Gasteiger partial charge in [0.2, 0.25) is 5.91 Å². The van der Waals surface area contributed by atoms with Crippen molar-refractivity contribution in [3.8, 4) is 5.75 Å². The number of carbonyl (C=O) groups excluding carboxylic acids is 1. The Bertz CT molecular complexity index is 658. The van der Waals surface area contributed by atoms with Gasteiger partial charge in [-0.05, 0) is 24.6 Å². The standard InChI is InChI=1S/C17H21N3O3/c1-13-11-16(18-23-13)19-7-9-20(10-8-19)17(21)12-14-3-5-15(22-2)6-4-14/h3-6,11H,7-10,12H2,1-2H3. The van der Waals surface area contributed by atoms with E-state index in [4.69, 9.17) is 9.26 Å². The minimum absolute atomic E-state index is 0.158. The molecule has 1 aromatic heterocycles. The average molecular weight is 315 g/mol. The monoisotopic (exact) mass is 315 g/mol. The van der Waals surface area contributed by atoms with Crippen molar-refractivity contribution in [2.24, 2.45) is 0 Å². The summed E-state index contributed by atoms with van der Waals surface area (Å²) in [5, 5.41) is 4.03. The molecule has 1 amide bonds. The molecule has 1 fully saturated rings. The van der Waals surface area contributed by atoms with Crippen LogP contribution in [0.3, 0.4) is 0 Å². The first kappa shape index (κ1) is 15.4. The topological polar surface area (TPSA) is 58.8 Å². The number of rotatable bonds is 4. The van der Waals surface area contributed by atoms with Crippen molar-refractivity contribution in [1.82, 2.24) is 10.1 Å². The number of nitrogens with zero attached hydrogens (tertiary/aromatic N) is 3. The second-order valence-electron chi connectivity index (χ2n) is 5.69. The van der Waals surface area contributed by atoms with Gasteiger partial charge in [0.1, 0.15) is 11.5 Å². The molecule has 1 saturated heterocycles. The number of hydrogen-bond acceptors (Lipinski definition) is 5. The highest BCUT2D eigenvalue weighted by Crippen LogP contribution is 2.17. The number of methoxy groups -OCH3 is 1. The van der Waals surface area contributed by atoms with Gasteiger partial charge in [0.05, 0.1) is 13.5 Å². The number of piperazine rings is 1. The predicted molar refractivity (Wildman–Crippen MR) is 86.7 cm³/mol. The Morgan fingerprint density at radius 2 is 1.91 bits per heavy atom. The third-order valence-electron chi connectivity index (χ3n) is 4.09. The van der Waals surface area contributed by atoms with Gasteiger partial charge in [0.15, 0.2) is 5.82 Å². The molecule has 6 heteroatoms. The summed E-state index contributed by atoms with van der Waals surface area (Å²) in [7, 11) is 1.63. The van der Waals surface area contributed by atoms with Crippen LogP contribution in [-0.4, -0.2) is 49.3 Å². The van der Waals surface area contributed by atoms with Crippen LogP contribution in [0.2, 0.25) is 0 Å². The Kier molecular flexibility index (Phi) is 4.50. The molecule has 6 nitrogen and oxygen atoms in total. The molecule has 0 spiro atoms. The Balaban J connectivity index is 1.53. The van der Waals surface area contributed by atoms with Gasteiger partial charge in [-0.2, -0.15) is 0 Å². The van der Waals surface area contributed by atoms with E-state index in [1.165, 1.54) is 0 Å². The maximum atomic E-state index is 12.4. The summed E-state index contributed by atoms with van der Waals surface area (Å²) in [6.07, 6.45) is 0.424. The van der Waals surface area contributed by atoms with E-state index >= 15 is 0 Å². The van der Waals surface area contributed by atoms with Gasteiger partial charge in [-0.3, -0.25) is 4.79 Å². The SMILES string of the molecule is COc1ccc(CC(=O)N2CCN(c3cc(C)on3)CC2)cc1. The smallest absolute Gasteiger partial charge is 0.227 e. The first-order valence-electron chi connectivity index (χ1n) is 7.74. The van der Waals surface area contributed by atoms with Crippen LogP contribution in [0.1, 0.15) is 11.3 Å². The number of anilines is 1. The molecule has 1 aliphatic heterocycles. The third kappa shape index (κ3) is 3.64. The van der Waals surface area contributed by atoms with E-state index < -0.39 is 0 Å². The predicted octanol–water partition coefficient (Wildman–Crippen LogP) is 1.88. The quantitative estimate of drug-likeness (QED) is 0.862. The van der Waals surface area contributed by atoms with Crippen molar-refractivity contribution in [2.75, 3.05) is 38.2 Å². The van der Waals surface area contributed by atoms with Crippen molar-refractivity contribution in [1.29, 1.82) is 0 Å². The largest absolute Gasteiger partial charge is 0.497 e. The van der Waals surface area contributed by atoms with E-state index in [0.717, 1.165) is 36.0 Å². The molecule has 2 heterocycles. The van der Waals surface area contributed by atoms with Crippen LogP contribution in [-0.2, 0) is 11.2 Å². The number of ether oxygens (including phenoxy) is 1. The van der Waals surface area contributed by atoms with E-state index in [9.17, 15) is 4.79 Å². The van der Waals surface area contributed by atoms with Gasteiger partial charge < -0.3 is 19.1 Å². The van der Waals surface area contributed by atoms with Gasteiger partial charge in [-0.25, -0.2) is 0 Å². The van der Waals surface area contributed by atoms with Crippen LogP contribution >= 0.6 is 0 Å². The van der Waals surface area contributed by atoms with Crippen LogP contribution < -0.4 is 9.64 Å². The average Bonchev–Trinajstić information content (AvgIpc) is 3.02. The molecule has 23 heavy (non-hydrogen) atoms. The van der Waals surface area contributed by atoms with Crippen LogP contribution in [0, 0.1) is 6.92 Å². The van der Waals surface area contributed by atoms with E-state index in [-0.39, 0.29) is 5.91 Å². The molecular weight excluding hydrogens is 294 g/mol. The zero-order chi connectivity index (χ0) is 16.2. The fourth-order valence-electron chi connectivity index (χ4n) is 2.72. The molecule has 0 saturated carbocycles. The minimum Gasteiger partial charge on any atom is -0.497 e. The van der Waals surface area contributed by atoms with Crippen LogP contribution in [0.25, 0.3) is 0 Å². The van der Waals surface area contributed by atoms with Crippen molar-refractivity contribution in [2.45, 2.75) is 13.3 Å². The zero-order valence-corrected chi connectivity index (χ0v) is 13.5. The Hall–Kier alpha value is -2.50. The fraction of sp³-hybridized carbons (Fsp3) is 0.412. The van der Waals surface area contributed by atoms with Gasteiger partial charge in [0.25, 0.3) is 0 Å². The lowest BCUT2D eigenvalue weighted by Crippen LogP contribution is -2.49. The number of aryl methyl sites for hydroxylation is 1. The summed E-state index contributed by atoms with van der Waals surface area (Å²) >= 11 is 0. The van der Waals surface area contributed by atoms with Crippen LogP contribution in [0.15, 0.2) is 34.9 Å². The van der Waals surface area contributed by atoms with E-state index in [2.05, 4.69) is 10.1 Å². The Morgan fingerprint density at radius 1 is 1.22 bits per heavy atom. The van der Waals surface area contributed by atoms with Gasteiger partial charge >= 0.3 is 0 Å². The summed E-state index contributed by atoms with van der Waals surface area (Å²) in [6, 6.07) is 9.56. The van der Waals surface area contributed by atoms with Crippen molar-refractivity contribution >= 4 is 11.7 Å². The lowest BCUT2D eigenvalue weighted by atomic mass is 10.1. The summed E-state index contributed by atoms with van der Waals surface area (Å²) in [5.74, 6) is 2.62. The summed E-state index contributed by atoms with van der Waals surface area (Å²) < 4.78 is 10.2. The number of hydrogen-bond donors (Lipinski definition) is 0. The van der Waals surface area contributed by atoms with Gasteiger partial charge in [-0.15, -0.1) is 0 Å². The Labute approximate surface area is 135 Å². The highest BCUT2D eigenvalue weighted by atomic mass is 16.5. The highest BCUT2D eigenvalue weighted by molar-refractivity contribution is 5.79. The molecule has 1 aliphatic rings. The second-order valence-corrected chi connectivity index (χ2v) is 5.69. The lowest BCUT2D eigenvalue weighted by Gasteiger charge is -2.34. The molecule has 2 aromatic rings. The van der Waals surface area contributed by atoms with Crippen molar-refractivity contribution in [3.63, 3.8) is 0 Å². The molecule has 0 radical (unpaired) electrons. The second kappa shape index (κ2) is 6.73. The first-order valence-corrected chi connectivity index (χ1v) is 7.74. The number of amides is 1. The molecule has 3 rings (SSSR count). The maximum Gasteiger partial charge on any atom is 0.227 e. The van der Waals surface area contributed by atoms with Crippen molar-refractivity contribution in [3.05, 3.63) is 41.7 Å². The fourth-order valence-corrected chi connectivity index (χ4v) is 2.72. The molecule has 0 bridgehead atoms. The first-order chi connectivity index (χ1) is 11.2. The van der Waals surface area contributed by atoms with Gasteiger partial charge in [-0.1, -0.05) is 17.3 Å². The lowest BCUT2D eigenvalue weighted by molar-refractivity contribution is -0.130. The number of benzene rings is 1. The van der Waals surface area contributed by atoms with E-state index in [1.807, 2.05) is 42.2 Å². The van der Waals surface area contributed by atoms with Crippen LogP contribution in [0.5, 0.6) is 5.75 Å². The molecule has 1 aromatic carbocycles. The minimum atomic E-state index is 0.158. The summed E-state index contributed by atoms with van der Waals surface area (Å²) in [5.41, 5.74) is 1.00. The van der Waals surface area contributed by atoms with Crippen LogP contribution in [0.4, 0.5) is 5.82 Å². The molecule has 0 aliphatic carbocycles. The number of aromatic nitrogens is 1. The maximum absolute atomic E-state index is 12.4. The molecule has 0 atom stereocenters. The summed E-state index contributed by atoms with van der Waals surface area (Å²) in [6.45, 7) is 4.85. The summed E-state index contributed by atoms with van der Waals surface area (Å²) in [4.78, 5) is 16.5. The molecular formula is C17H21N3O3. The van der Waals surface area contributed by atoms with Gasteiger partial charge in [0, 0.05) is 32.2 Å².